The molecule has 2 aliphatic carbocycles. The van der Waals surface area contributed by atoms with Crippen LogP contribution in [0, 0.1) is 11.8 Å². The Balaban J connectivity index is 2.08. The number of hydrogen-bond acceptors (Lipinski definition) is 0. The van der Waals surface area contributed by atoms with Crippen LogP contribution in [-0.2, 0) is 0 Å². The Morgan fingerprint density at radius 3 is 2.31 bits per heavy atom. The van der Waals surface area contributed by atoms with Gasteiger partial charge in [0, 0.05) is 6.42 Å². The quantitative estimate of drug-likeness (QED) is 0.616. The van der Waals surface area contributed by atoms with Crippen molar-refractivity contribution in [2.24, 2.45) is 11.8 Å². The molecule has 0 saturated heterocycles. The predicted molar refractivity (Wildman–Crippen MR) is 58.0 cm³/mol. The standard InChI is InChI=1S/C13H17F3/c1-8-2-4-9(5-3-8)10-6-11(14)13(16)12(15)7-10/h6,8-9,12H,2-5,7H2,1H3. The molecule has 0 nitrogen and oxygen atoms in total. The lowest BCUT2D eigenvalue weighted by atomic mass is 9.77. The van der Waals surface area contributed by atoms with Crippen LogP contribution < -0.4 is 0 Å². The molecule has 90 valence electrons. The van der Waals surface area contributed by atoms with Crippen molar-refractivity contribution in [3.8, 4) is 0 Å². The Kier molecular flexibility index (Phi) is 3.41. The van der Waals surface area contributed by atoms with E-state index in [0.29, 0.717) is 5.92 Å². The molecule has 0 aromatic heterocycles. The van der Waals surface area contributed by atoms with E-state index in [1.165, 1.54) is 6.08 Å². The van der Waals surface area contributed by atoms with Crippen molar-refractivity contribution in [1.82, 2.24) is 0 Å². The molecule has 0 spiro atoms. The molecule has 0 aromatic carbocycles. The molecule has 0 aliphatic heterocycles. The van der Waals surface area contributed by atoms with E-state index in [0.717, 1.165) is 31.3 Å². The summed E-state index contributed by atoms with van der Waals surface area (Å²) < 4.78 is 39.2. The Bertz CT molecular complexity index is 322. The minimum absolute atomic E-state index is 0.0400. The summed E-state index contributed by atoms with van der Waals surface area (Å²) in [5, 5.41) is 0. The van der Waals surface area contributed by atoms with Crippen LogP contribution in [0.3, 0.4) is 0 Å². The first kappa shape index (κ1) is 11.7. The van der Waals surface area contributed by atoms with E-state index in [-0.39, 0.29) is 12.3 Å². The number of rotatable bonds is 1. The summed E-state index contributed by atoms with van der Waals surface area (Å²) in [6, 6.07) is 0. The van der Waals surface area contributed by atoms with Gasteiger partial charge in [-0.15, -0.1) is 0 Å². The van der Waals surface area contributed by atoms with Crippen LogP contribution in [0.2, 0.25) is 0 Å². The summed E-state index contributed by atoms with van der Waals surface area (Å²) >= 11 is 0. The highest BCUT2D eigenvalue weighted by Gasteiger charge is 2.29. The molecule has 1 saturated carbocycles. The van der Waals surface area contributed by atoms with Crippen molar-refractivity contribution >= 4 is 0 Å². The smallest absolute Gasteiger partial charge is 0.170 e. The molecule has 0 amide bonds. The monoisotopic (exact) mass is 230 g/mol. The molecule has 3 heteroatoms. The molecule has 2 aliphatic rings. The maximum atomic E-state index is 13.2. The third kappa shape index (κ3) is 2.33. The molecule has 0 aromatic rings. The van der Waals surface area contributed by atoms with Gasteiger partial charge in [-0.25, -0.2) is 13.2 Å². The van der Waals surface area contributed by atoms with E-state index in [1.807, 2.05) is 0 Å². The van der Waals surface area contributed by atoms with Crippen LogP contribution in [0.15, 0.2) is 23.3 Å². The van der Waals surface area contributed by atoms with Gasteiger partial charge in [0.05, 0.1) is 0 Å². The van der Waals surface area contributed by atoms with E-state index in [1.54, 1.807) is 0 Å². The summed E-state index contributed by atoms with van der Waals surface area (Å²) in [5.74, 6) is -1.27. The molecular formula is C13H17F3. The van der Waals surface area contributed by atoms with E-state index >= 15 is 0 Å². The Morgan fingerprint density at radius 1 is 1.12 bits per heavy atom. The lowest BCUT2D eigenvalue weighted by Crippen LogP contribution is -2.19. The zero-order valence-electron chi connectivity index (χ0n) is 9.48. The fourth-order valence-corrected chi connectivity index (χ4v) is 2.65. The Hall–Kier alpha value is -0.730. The van der Waals surface area contributed by atoms with Crippen molar-refractivity contribution in [2.75, 3.05) is 0 Å². The molecule has 16 heavy (non-hydrogen) atoms. The second-order valence-corrected chi connectivity index (χ2v) is 5.04. The SMILES string of the molecule is CC1CCC(C2=CC(F)=C(F)C(F)C2)CC1. The maximum Gasteiger partial charge on any atom is 0.170 e. The number of allylic oxidation sites excluding steroid dienone is 4. The first-order valence-corrected chi connectivity index (χ1v) is 5.97. The van der Waals surface area contributed by atoms with Crippen LogP contribution in [0.5, 0.6) is 0 Å². The van der Waals surface area contributed by atoms with Crippen molar-refractivity contribution in [3.05, 3.63) is 23.3 Å². The second kappa shape index (κ2) is 4.64. The molecule has 1 unspecified atom stereocenters. The zero-order valence-corrected chi connectivity index (χ0v) is 9.48. The van der Waals surface area contributed by atoms with Gasteiger partial charge in [-0.05, 0) is 30.8 Å². The Morgan fingerprint density at radius 2 is 1.75 bits per heavy atom. The van der Waals surface area contributed by atoms with Crippen molar-refractivity contribution in [1.29, 1.82) is 0 Å². The summed E-state index contributed by atoms with van der Waals surface area (Å²) in [5.41, 5.74) is 0.762. The van der Waals surface area contributed by atoms with Gasteiger partial charge in [0.1, 0.15) is 0 Å². The van der Waals surface area contributed by atoms with Gasteiger partial charge in [-0.2, -0.15) is 0 Å². The first-order chi connectivity index (χ1) is 7.58. The van der Waals surface area contributed by atoms with Gasteiger partial charge in [-0.1, -0.05) is 25.3 Å². The van der Waals surface area contributed by atoms with Gasteiger partial charge < -0.3 is 0 Å². The average molecular weight is 230 g/mol. The van der Waals surface area contributed by atoms with Crippen molar-refractivity contribution < 1.29 is 13.2 Å². The fraction of sp³-hybridized carbons (Fsp3) is 0.692. The lowest BCUT2D eigenvalue weighted by Gasteiger charge is -2.30. The molecule has 0 heterocycles. The van der Waals surface area contributed by atoms with Crippen molar-refractivity contribution in [3.63, 3.8) is 0 Å². The number of hydrogen-bond donors (Lipinski definition) is 0. The van der Waals surface area contributed by atoms with Crippen LogP contribution in [0.4, 0.5) is 13.2 Å². The summed E-state index contributed by atoms with van der Waals surface area (Å²) in [6.45, 7) is 2.20. The van der Waals surface area contributed by atoms with E-state index in [2.05, 4.69) is 6.92 Å². The number of alkyl halides is 1. The average Bonchev–Trinajstić information content (AvgIpc) is 2.26. The summed E-state index contributed by atoms with van der Waals surface area (Å²) in [4.78, 5) is 0. The Labute approximate surface area is 94.2 Å². The van der Waals surface area contributed by atoms with Gasteiger partial charge >= 0.3 is 0 Å². The normalized spacial score (nSPS) is 36.2. The molecular weight excluding hydrogens is 213 g/mol. The zero-order chi connectivity index (χ0) is 11.7. The van der Waals surface area contributed by atoms with Crippen LogP contribution in [0.25, 0.3) is 0 Å². The lowest BCUT2D eigenvalue weighted by molar-refractivity contribution is 0.272. The van der Waals surface area contributed by atoms with Crippen LogP contribution in [-0.4, -0.2) is 6.17 Å². The first-order valence-electron chi connectivity index (χ1n) is 5.97. The largest absolute Gasteiger partial charge is 0.239 e. The van der Waals surface area contributed by atoms with E-state index < -0.39 is 17.8 Å². The predicted octanol–water partition coefficient (Wildman–Crippen LogP) is 4.63. The molecule has 1 atom stereocenters. The minimum Gasteiger partial charge on any atom is -0.239 e. The minimum atomic E-state index is -1.76. The highest BCUT2D eigenvalue weighted by molar-refractivity contribution is 5.30. The highest BCUT2D eigenvalue weighted by Crippen LogP contribution is 2.39. The molecule has 2 rings (SSSR count). The highest BCUT2D eigenvalue weighted by atomic mass is 19.2. The molecule has 0 bridgehead atoms. The summed E-state index contributed by atoms with van der Waals surface area (Å²) in [6.07, 6.45) is 3.66. The third-order valence-corrected chi connectivity index (χ3v) is 3.77. The van der Waals surface area contributed by atoms with Gasteiger partial charge in [-0.3, -0.25) is 0 Å². The van der Waals surface area contributed by atoms with Gasteiger partial charge in [0.25, 0.3) is 0 Å². The topological polar surface area (TPSA) is 0 Å². The van der Waals surface area contributed by atoms with E-state index in [4.69, 9.17) is 0 Å². The molecule has 0 N–H and O–H groups in total. The van der Waals surface area contributed by atoms with Crippen LogP contribution >= 0.6 is 0 Å². The van der Waals surface area contributed by atoms with Crippen LogP contribution in [0.1, 0.15) is 39.0 Å². The van der Waals surface area contributed by atoms with Gasteiger partial charge in [0.2, 0.25) is 0 Å². The second-order valence-electron chi connectivity index (χ2n) is 5.04. The van der Waals surface area contributed by atoms with Gasteiger partial charge in [0.15, 0.2) is 17.8 Å². The maximum absolute atomic E-state index is 13.2. The third-order valence-electron chi connectivity index (χ3n) is 3.77. The number of halogens is 3. The fourth-order valence-electron chi connectivity index (χ4n) is 2.65. The molecule has 0 radical (unpaired) electrons. The molecule has 1 fully saturated rings. The van der Waals surface area contributed by atoms with Crippen molar-refractivity contribution in [2.45, 2.75) is 45.2 Å². The van der Waals surface area contributed by atoms with E-state index in [9.17, 15) is 13.2 Å². The summed E-state index contributed by atoms with van der Waals surface area (Å²) in [7, 11) is 0.